The van der Waals surface area contributed by atoms with Gasteiger partial charge in [-0.15, -0.1) is 23.7 Å². The van der Waals surface area contributed by atoms with E-state index in [9.17, 15) is 4.79 Å². The molecule has 0 amide bonds. The smallest absolute Gasteiger partial charge is 0.321 e. The first-order chi connectivity index (χ1) is 5.77. The van der Waals surface area contributed by atoms with Crippen molar-refractivity contribution in [1.29, 1.82) is 0 Å². The Morgan fingerprint density at radius 2 is 2.46 bits per heavy atom. The minimum absolute atomic E-state index is 0. The maximum atomic E-state index is 10.6. The first-order valence-corrected chi connectivity index (χ1v) is 4.67. The van der Waals surface area contributed by atoms with Crippen molar-refractivity contribution in [2.75, 3.05) is 0 Å². The van der Waals surface area contributed by atoms with Gasteiger partial charge >= 0.3 is 5.97 Å². The summed E-state index contributed by atoms with van der Waals surface area (Å²) in [6.45, 7) is 0.698. The number of thiophene rings is 1. The number of carboxylic acid groups (broad SMARTS) is 1. The van der Waals surface area contributed by atoms with Crippen molar-refractivity contribution < 1.29 is 9.90 Å². The molecule has 0 aliphatic carbocycles. The van der Waals surface area contributed by atoms with Crippen LogP contribution in [0.3, 0.4) is 0 Å². The highest BCUT2D eigenvalue weighted by Crippen LogP contribution is 2.21. The third kappa shape index (κ3) is 2.02. The van der Waals surface area contributed by atoms with Gasteiger partial charge in [0, 0.05) is 11.4 Å². The molecule has 2 rings (SSSR count). The van der Waals surface area contributed by atoms with Gasteiger partial charge in [0.15, 0.2) is 0 Å². The maximum Gasteiger partial charge on any atom is 0.321 e. The van der Waals surface area contributed by atoms with Crippen LogP contribution in [0.25, 0.3) is 0 Å². The van der Waals surface area contributed by atoms with E-state index in [-0.39, 0.29) is 12.4 Å². The van der Waals surface area contributed by atoms with Crippen molar-refractivity contribution >= 4 is 29.7 Å². The van der Waals surface area contributed by atoms with Crippen LogP contribution in [0, 0.1) is 0 Å². The fourth-order valence-corrected chi connectivity index (χ4v) is 2.25. The molecule has 1 aromatic rings. The number of carboxylic acids is 1. The summed E-state index contributed by atoms with van der Waals surface area (Å²) in [5.41, 5.74) is 1.19. The summed E-state index contributed by atoms with van der Waals surface area (Å²) in [5.74, 6) is -0.758. The van der Waals surface area contributed by atoms with Gasteiger partial charge in [-0.3, -0.25) is 10.1 Å². The van der Waals surface area contributed by atoms with Gasteiger partial charge in [0.05, 0.1) is 0 Å². The third-order valence-corrected chi connectivity index (χ3v) is 3.03. The quantitative estimate of drug-likeness (QED) is 0.748. The van der Waals surface area contributed by atoms with Crippen molar-refractivity contribution in [2.24, 2.45) is 0 Å². The van der Waals surface area contributed by atoms with Gasteiger partial charge < -0.3 is 5.11 Å². The lowest BCUT2D eigenvalue weighted by atomic mass is 10.0. The van der Waals surface area contributed by atoms with Gasteiger partial charge in [-0.1, -0.05) is 0 Å². The summed E-state index contributed by atoms with van der Waals surface area (Å²) in [7, 11) is 0. The van der Waals surface area contributed by atoms with Crippen LogP contribution in [-0.2, 0) is 17.8 Å². The minimum Gasteiger partial charge on any atom is -0.480 e. The third-order valence-electron chi connectivity index (χ3n) is 2.07. The lowest BCUT2D eigenvalue weighted by Gasteiger charge is -2.19. The predicted octanol–water partition coefficient (Wildman–Crippen LogP) is 1.27. The number of halogens is 1. The average Bonchev–Trinajstić information content (AvgIpc) is 2.49. The first-order valence-electron chi connectivity index (χ1n) is 3.79. The first kappa shape index (κ1) is 10.5. The van der Waals surface area contributed by atoms with E-state index in [0.717, 1.165) is 0 Å². The fraction of sp³-hybridized carbons (Fsp3) is 0.375. The second kappa shape index (κ2) is 4.09. The van der Waals surface area contributed by atoms with E-state index in [1.807, 2.05) is 11.4 Å². The van der Waals surface area contributed by atoms with E-state index >= 15 is 0 Å². The number of aliphatic carboxylic acids is 1. The van der Waals surface area contributed by atoms with Gasteiger partial charge in [0.1, 0.15) is 6.04 Å². The zero-order valence-electron chi connectivity index (χ0n) is 6.82. The van der Waals surface area contributed by atoms with Crippen molar-refractivity contribution in [2.45, 2.75) is 19.0 Å². The molecule has 0 saturated carbocycles. The van der Waals surface area contributed by atoms with E-state index in [1.54, 1.807) is 11.3 Å². The van der Waals surface area contributed by atoms with Crippen LogP contribution in [0.1, 0.15) is 10.4 Å². The minimum atomic E-state index is -0.758. The average molecular weight is 220 g/mol. The zero-order chi connectivity index (χ0) is 8.55. The number of hydrogen-bond acceptors (Lipinski definition) is 3. The topological polar surface area (TPSA) is 49.3 Å². The normalized spacial score (nSPS) is 20.2. The Morgan fingerprint density at radius 3 is 3.15 bits per heavy atom. The molecule has 1 aliphatic rings. The fourth-order valence-electron chi connectivity index (χ4n) is 1.39. The standard InChI is InChI=1S/C8H9NO2S.ClH/c10-8(11)6-3-5-1-2-12-7(5)4-9-6;/h1-2,6,9H,3-4H2,(H,10,11);1H/t6-;/m1./s1. The van der Waals surface area contributed by atoms with E-state index in [1.165, 1.54) is 10.4 Å². The van der Waals surface area contributed by atoms with Crippen LogP contribution in [0.5, 0.6) is 0 Å². The van der Waals surface area contributed by atoms with E-state index in [4.69, 9.17) is 5.11 Å². The van der Waals surface area contributed by atoms with Crippen LogP contribution < -0.4 is 5.32 Å². The summed E-state index contributed by atoms with van der Waals surface area (Å²) in [6.07, 6.45) is 0.619. The van der Waals surface area contributed by atoms with E-state index in [0.29, 0.717) is 13.0 Å². The molecule has 2 N–H and O–H groups in total. The van der Waals surface area contributed by atoms with Gasteiger partial charge in [-0.2, -0.15) is 0 Å². The number of hydrogen-bond donors (Lipinski definition) is 2. The molecular weight excluding hydrogens is 210 g/mol. The monoisotopic (exact) mass is 219 g/mol. The molecular formula is C8H10ClNO2S. The Kier molecular flexibility index (Phi) is 3.30. The molecule has 0 bridgehead atoms. The van der Waals surface area contributed by atoms with Crippen LogP contribution in [0.15, 0.2) is 11.4 Å². The molecule has 13 heavy (non-hydrogen) atoms. The number of fused-ring (bicyclic) bond motifs is 1. The molecule has 0 radical (unpaired) electrons. The largest absolute Gasteiger partial charge is 0.480 e. The molecule has 1 atom stereocenters. The zero-order valence-corrected chi connectivity index (χ0v) is 8.45. The van der Waals surface area contributed by atoms with Crippen molar-refractivity contribution in [3.8, 4) is 0 Å². The highest BCUT2D eigenvalue weighted by molar-refractivity contribution is 7.10. The second-order valence-corrected chi connectivity index (χ2v) is 3.85. The molecule has 72 valence electrons. The predicted molar refractivity (Wildman–Crippen MR) is 53.5 cm³/mol. The Hall–Kier alpha value is -0.580. The van der Waals surface area contributed by atoms with Crippen LogP contribution in [0.2, 0.25) is 0 Å². The summed E-state index contributed by atoms with van der Waals surface area (Å²) in [4.78, 5) is 11.9. The molecule has 1 aliphatic heterocycles. The molecule has 0 saturated heterocycles. The molecule has 0 spiro atoms. The summed E-state index contributed by atoms with van der Waals surface area (Å²) >= 11 is 1.68. The Labute approximate surface area is 86.2 Å². The van der Waals surface area contributed by atoms with Gasteiger partial charge in [-0.25, -0.2) is 0 Å². The molecule has 0 aromatic carbocycles. The molecule has 0 fully saturated rings. The molecule has 0 unspecified atom stereocenters. The van der Waals surface area contributed by atoms with Crippen molar-refractivity contribution in [3.63, 3.8) is 0 Å². The summed E-state index contributed by atoms with van der Waals surface area (Å²) in [6, 6.07) is 1.61. The highest BCUT2D eigenvalue weighted by Gasteiger charge is 2.23. The molecule has 1 aromatic heterocycles. The van der Waals surface area contributed by atoms with Crippen LogP contribution in [0.4, 0.5) is 0 Å². The Morgan fingerprint density at radius 1 is 1.69 bits per heavy atom. The number of rotatable bonds is 1. The van der Waals surface area contributed by atoms with Crippen molar-refractivity contribution in [1.82, 2.24) is 5.32 Å². The van der Waals surface area contributed by atoms with Crippen molar-refractivity contribution in [3.05, 3.63) is 21.9 Å². The van der Waals surface area contributed by atoms with Crippen LogP contribution in [-0.4, -0.2) is 17.1 Å². The summed E-state index contributed by atoms with van der Waals surface area (Å²) in [5, 5.41) is 13.7. The molecule has 5 heteroatoms. The highest BCUT2D eigenvalue weighted by atomic mass is 35.5. The van der Waals surface area contributed by atoms with Gasteiger partial charge in [0.25, 0.3) is 0 Å². The van der Waals surface area contributed by atoms with E-state index in [2.05, 4.69) is 5.32 Å². The Balaban J connectivity index is 0.000000845. The van der Waals surface area contributed by atoms with Gasteiger partial charge in [0.2, 0.25) is 0 Å². The lowest BCUT2D eigenvalue weighted by Crippen LogP contribution is -2.40. The number of nitrogens with one attached hydrogen (secondary N) is 1. The van der Waals surface area contributed by atoms with Crippen LogP contribution >= 0.6 is 23.7 Å². The summed E-state index contributed by atoms with van der Waals surface area (Å²) < 4.78 is 0. The molecule has 3 nitrogen and oxygen atoms in total. The van der Waals surface area contributed by atoms with Gasteiger partial charge in [-0.05, 0) is 23.4 Å². The number of carbonyl (C=O) groups is 1. The molecule has 2 heterocycles. The van der Waals surface area contributed by atoms with E-state index < -0.39 is 12.0 Å². The maximum absolute atomic E-state index is 10.6. The lowest BCUT2D eigenvalue weighted by molar-refractivity contribution is -0.139. The second-order valence-electron chi connectivity index (χ2n) is 2.84. The Bertz CT molecular complexity index is 313. The SMILES string of the molecule is Cl.O=C(O)[C@H]1Cc2ccsc2CN1.